The smallest absolute Gasteiger partial charge is 0.354 e. The normalized spacial score (nSPS) is 18.3. The monoisotopic (exact) mass is 475 g/mol. The van der Waals surface area contributed by atoms with Gasteiger partial charge in [0.05, 0.1) is 24.0 Å². The van der Waals surface area contributed by atoms with Crippen molar-refractivity contribution < 1.29 is 19.2 Å². The minimum Gasteiger partial charge on any atom is -0.463 e. The van der Waals surface area contributed by atoms with Gasteiger partial charge < -0.3 is 19.5 Å². The van der Waals surface area contributed by atoms with Crippen LogP contribution in [0.1, 0.15) is 46.1 Å². The maximum atomic E-state index is 13.4. The van der Waals surface area contributed by atoms with E-state index in [0.717, 1.165) is 22.2 Å². The molecule has 1 N–H and O–H groups in total. The Kier molecular flexibility index (Phi) is 7.24. The Bertz CT molecular complexity index is 1220. The average Bonchev–Trinajstić information content (AvgIpc) is 3.48. The van der Waals surface area contributed by atoms with E-state index in [2.05, 4.69) is 24.0 Å². The standard InChI is InChI=1S/C28H33N3O4/c1-5-25(32)31(24-18-29-22-15-11-10-14-21(22)24)26(19(3)4)23-17-28(35-30-23,27(33)34-6-2)16-20-12-8-7-9-13-20/h7-15,18-19,26,29H,5-6,16-17H2,1-4H3/t26-,28?/m0/s1. The number of para-hydroxylation sites is 1. The topological polar surface area (TPSA) is 84.0 Å². The fourth-order valence-corrected chi connectivity index (χ4v) is 4.82. The van der Waals surface area contributed by atoms with Crippen molar-refractivity contribution in [3.63, 3.8) is 0 Å². The van der Waals surface area contributed by atoms with Crippen LogP contribution >= 0.6 is 0 Å². The van der Waals surface area contributed by atoms with Gasteiger partial charge >= 0.3 is 5.97 Å². The molecule has 0 radical (unpaired) electrons. The van der Waals surface area contributed by atoms with Gasteiger partial charge in [0, 0.05) is 36.4 Å². The maximum Gasteiger partial charge on any atom is 0.354 e. The van der Waals surface area contributed by atoms with Crippen LogP contribution in [0.25, 0.3) is 10.9 Å². The Morgan fingerprint density at radius 1 is 1.11 bits per heavy atom. The Morgan fingerprint density at radius 2 is 1.83 bits per heavy atom. The minimum absolute atomic E-state index is 0.0205. The zero-order valence-electron chi connectivity index (χ0n) is 20.8. The molecule has 35 heavy (non-hydrogen) atoms. The molecule has 1 aliphatic rings. The van der Waals surface area contributed by atoms with E-state index in [1.54, 1.807) is 6.92 Å². The minimum atomic E-state index is -1.26. The number of ether oxygens (including phenoxy) is 1. The average molecular weight is 476 g/mol. The van der Waals surface area contributed by atoms with Gasteiger partial charge in [-0.2, -0.15) is 0 Å². The first kappa shape index (κ1) is 24.5. The number of hydrogen-bond acceptors (Lipinski definition) is 5. The van der Waals surface area contributed by atoms with Gasteiger partial charge in [-0.05, 0) is 24.5 Å². The molecule has 7 heteroatoms. The van der Waals surface area contributed by atoms with Crippen LogP contribution in [0.2, 0.25) is 0 Å². The fourth-order valence-electron chi connectivity index (χ4n) is 4.82. The number of benzene rings is 2. The first-order chi connectivity index (χ1) is 16.9. The Labute approximate surface area is 206 Å². The molecule has 3 aromatic rings. The number of rotatable bonds is 9. The third-order valence-electron chi connectivity index (χ3n) is 6.43. The highest BCUT2D eigenvalue weighted by Gasteiger charge is 2.51. The summed E-state index contributed by atoms with van der Waals surface area (Å²) >= 11 is 0. The summed E-state index contributed by atoms with van der Waals surface area (Å²) in [6.45, 7) is 7.99. The van der Waals surface area contributed by atoms with Crippen LogP contribution in [0, 0.1) is 5.92 Å². The molecular formula is C28H33N3O4. The molecule has 7 nitrogen and oxygen atoms in total. The van der Waals surface area contributed by atoms with Gasteiger partial charge in [-0.15, -0.1) is 0 Å². The first-order valence-corrected chi connectivity index (χ1v) is 12.2. The van der Waals surface area contributed by atoms with E-state index < -0.39 is 11.6 Å². The van der Waals surface area contributed by atoms with Crippen LogP contribution < -0.4 is 4.90 Å². The third-order valence-corrected chi connectivity index (χ3v) is 6.43. The first-order valence-electron chi connectivity index (χ1n) is 12.2. The lowest BCUT2D eigenvalue weighted by atomic mass is 9.85. The van der Waals surface area contributed by atoms with E-state index in [-0.39, 0.29) is 30.9 Å². The van der Waals surface area contributed by atoms with Gasteiger partial charge in [-0.25, -0.2) is 4.79 Å². The quantitative estimate of drug-likeness (QED) is 0.428. The number of carbonyl (C=O) groups excluding carboxylic acids is 2. The summed E-state index contributed by atoms with van der Waals surface area (Å²) in [5.41, 5.74) is 2.10. The molecule has 0 saturated carbocycles. The van der Waals surface area contributed by atoms with E-state index in [1.165, 1.54) is 0 Å². The van der Waals surface area contributed by atoms with E-state index in [9.17, 15) is 9.59 Å². The van der Waals surface area contributed by atoms with Gasteiger partial charge in [-0.1, -0.05) is 74.5 Å². The van der Waals surface area contributed by atoms with Crippen LogP contribution in [0.5, 0.6) is 0 Å². The summed E-state index contributed by atoms with van der Waals surface area (Å²) in [5, 5.41) is 5.41. The molecule has 1 aromatic heterocycles. The number of nitrogens with zero attached hydrogens (tertiary/aromatic N) is 2. The van der Waals surface area contributed by atoms with E-state index >= 15 is 0 Å². The molecule has 184 valence electrons. The second-order valence-electron chi connectivity index (χ2n) is 9.25. The van der Waals surface area contributed by atoms with Crippen LogP contribution in [0.15, 0.2) is 65.9 Å². The Hall–Kier alpha value is -3.61. The van der Waals surface area contributed by atoms with E-state index in [4.69, 9.17) is 9.57 Å². The highest BCUT2D eigenvalue weighted by molar-refractivity contribution is 6.09. The zero-order valence-corrected chi connectivity index (χ0v) is 20.8. The molecule has 2 atom stereocenters. The van der Waals surface area contributed by atoms with Crippen molar-refractivity contribution in [2.24, 2.45) is 11.1 Å². The number of fused-ring (bicyclic) bond motifs is 1. The van der Waals surface area contributed by atoms with Crippen molar-refractivity contribution in [3.8, 4) is 0 Å². The Morgan fingerprint density at radius 3 is 2.51 bits per heavy atom. The van der Waals surface area contributed by atoms with E-state index in [0.29, 0.717) is 18.6 Å². The molecule has 0 saturated heterocycles. The number of hydrogen-bond donors (Lipinski definition) is 1. The summed E-state index contributed by atoms with van der Waals surface area (Å²) in [6.07, 6.45) is 2.79. The highest BCUT2D eigenvalue weighted by atomic mass is 16.7. The molecule has 1 amide bonds. The van der Waals surface area contributed by atoms with Crippen molar-refractivity contribution in [3.05, 3.63) is 66.4 Å². The van der Waals surface area contributed by atoms with Crippen LogP contribution in [-0.2, 0) is 25.6 Å². The third kappa shape index (κ3) is 4.81. The maximum absolute atomic E-state index is 13.4. The molecule has 0 bridgehead atoms. The highest BCUT2D eigenvalue weighted by Crippen LogP contribution is 2.36. The van der Waals surface area contributed by atoms with Gasteiger partial charge in [0.2, 0.25) is 11.5 Å². The van der Waals surface area contributed by atoms with Crippen molar-refractivity contribution in [1.82, 2.24) is 4.98 Å². The van der Waals surface area contributed by atoms with Crippen molar-refractivity contribution >= 4 is 34.2 Å². The molecule has 2 aromatic carbocycles. The number of anilines is 1. The molecular weight excluding hydrogens is 442 g/mol. The van der Waals surface area contributed by atoms with Gasteiger partial charge in [0.1, 0.15) is 0 Å². The molecule has 4 rings (SSSR count). The SMILES string of the molecule is CCOC(=O)C1(Cc2ccccc2)CC([C@H](C(C)C)N(C(=O)CC)c2c[nH]c3ccccc23)=NO1. The summed E-state index contributed by atoms with van der Waals surface area (Å²) in [7, 11) is 0. The summed E-state index contributed by atoms with van der Waals surface area (Å²) < 4.78 is 5.43. The molecule has 0 spiro atoms. The zero-order chi connectivity index (χ0) is 25.0. The number of amides is 1. The summed E-state index contributed by atoms with van der Waals surface area (Å²) in [4.78, 5) is 37.6. The molecule has 0 aliphatic carbocycles. The van der Waals surface area contributed by atoms with E-state index in [1.807, 2.05) is 72.6 Å². The van der Waals surface area contributed by atoms with Crippen molar-refractivity contribution in [1.29, 1.82) is 0 Å². The van der Waals surface area contributed by atoms with Gasteiger partial charge in [0.25, 0.3) is 0 Å². The predicted molar refractivity (Wildman–Crippen MR) is 137 cm³/mol. The lowest BCUT2D eigenvalue weighted by molar-refractivity contribution is -0.168. The summed E-state index contributed by atoms with van der Waals surface area (Å²) in [5.74, 6) is -0.436. The fraction of sp³-hybridized carbons (Fsp3) is 0.393. The summed E-state index contributed by atoms with van der Waals surface area (Å²) in [6, 6.07) is 17.2. The second kappa shape index (κ2) is 10.3. The number of aromatic nitrogens is 1. The van der Waals surface area contributed by atoms with Crippen molar-refractivity contribution in [2.45, 2.75) is 58.6 Å². The Balaban J connectivity index is 1.73. The van der Waals surface area contributed by atoms with Gasteiger partial charge in [0.15, 0.2) is 0 Å². The van der Waals surface area contributed by atoms with Crippen LogP contribution in [0.4, 0.5) is 5.69 Å². The molecule has 2 heterocycles. The van der Waals surface area contributed by atoms with Crippen LogP contribution in [0.3, 0.4) is 0 Å². The molecule has 1 unspecified atom stereocenters. The molecule has 0 fully saturated rings. The molecule has 1 aliphatic heterocycles. The lowest BCUT2D eigenvalue weighted by Gasteiger charge is -2.34. The van der Waals surface area contributed by atoms with Gasteiger partial charge in [-0.3, -0.25) is 4.79 Å². The van der Waals surface area contributed by atoms with Crippen LogP contribution in [-0.4, -0.2) is 40.8 Å². The lowest BCUT2D eigenvalue weighted by Crippen LogP contribution is -2.50. The largest absolute Gasteiger partial charge is 0.463 e. The van der Waals surface area contributed by atoms with Crippen molar-refractivity contribution in [2.75, 3.05) is 11.5 Å². The number of esters is 1. The number of carbonyl (C=O) groups is 2. The number of H-pyrrole nitrogens is 1. The number of oxime groups is 1. The second-order valence-corrected chi connectivity index (χ2v) is 9.25. The number of nitrogens with one attached hydrogen (secondary N) is 1. The predicted octanol–water partition coefficient (Wildman–Crippen LogP) is 5.26. The number of aromatic amines is 1.